The predicted octanol–water partition coefficient (Wildman–Crippen LogP) is -1.70. The lowest BCUT2D eigenvalue weighted by atomic mass is 9.95. The number of fused-ring (bicyclic) bond motifs is 1. The van der Waals surface area contributed by atoms with Crippen LogP contribution in [0.1, 0.15) is 6.23 Å². The number of aliphatic hydroxyl groups is 2. The Kier molecular flexibility index (Phi) is 2.58. The average Bonchev–Trinajstić information content (AvgIpc) is 2.75. The Hall–Kier alpha value is -1.84. The maximum atomic E-state index is 9.29. The van der Waals surface area contributed by atoms with Crippen LogP contribution >= 0.6 is 0 Å². The summed E-state index contributed by atoms with van der Waals surface area (Å²) < 4.78 is 7.10. The Morgan fingerprint density at radius 3 is 2.89 bits per heavy atom. The SMILES string of the molecule is Nc1nnnc2c1ncn2[C@@H]1O[C@H](CO)[C@H]1CO. The van der Waals surface area contributed by atoms with Crippen molar-refractivity contribution in [1.29, 1.82) is 0 Å². The smallest absolute Gasteiger partial charge is 0.190 e. The number of ether oxygens (including phenoxy) is 1. The molecule has 0 aromatic carbocycles. The van der Waals surface area contributed by atoms with Crippen molar-refractivity contribution in [3.05, 3.63) is 6.33 Å². The van der Waals surface area contributed by atoms with Gasteiger partial charge in [-0.25, -0.2) is 4.98 Å². The van der Waals surface area contributed by atoms with E-state index in [1.807, 2.05) is 0 Å². The summed E-state index contributed by atoms with van der Waals surface area (Å²) in [6.07, 6.45) is 0.719. The van der Waals surface area contributed by atoms with Crippen molar-refractivity contribution in [1.82, 2.24) is 25.0 Å². The molecule has 1 saturated heterocycles. The summed E-state index contributed by atoms with van der Waals surface area (Å²) in [7, 11) is 0. The number of rotatable bonds is 3. The minimum absolute atomic E-state index is 0.0937. The highest BCUT2D eigenvalue weighted by molar-refractivity contribution is 5.80. The zero-order valence-corrected chi connectivity index (χ0v) is 9.34. The number of aliphatic hydroxyl groups excluding tert-OH is 2. The van der Waals surface area contributed by atoms with E-state index in [-0.39, 0.29) is 31.1 Å². The summed E-state index contributed by atoms with van der Waals surface area (Å²) >= 11 is 0. The van der Waals surface area contributed by atoms with Crippen LogP contribution < -0.4 is 5.73 Å². The molecule has 3 atom stereocenters. The third-order valence-electron chi connectivity index (χ3n) is 3.13. The molecule has 3 heterocycles. The molecule has 9 nitrogen and oxygen atoms in total. The fourth-order valence-corrected chi connectivity index (χ4v) is 2.11. The molecule has 0 radical (unpaired) electrons. The third-order valence-corrected chi connectivity index (χ3v) is 3.13. The second-order valence-corrected chi connectivity index (χ2v) is 4.09. The monoisotopic (exact) mass is 252 g/mol. The molecule has 1 aliphatic heterocycles. The molecule has 18 heavy (non-hydrogen) atoms. The maximum Gasteiger partial charge on any atom is 0.190 e. The number of hydrogen-bond donors (Lipinski definition) is 3. The zero-order chi connectivity index (χ0) is 12.7. The van der Waals surface area contributed by atoms with Crippen LogP contribution in [0.4, 0.5) is 5.82 Å². The second kappa shape index (κ2) is 4.12. The van der Waals surface area contributed by atoms with Crippen molar-refractivity contribution < 1.29 is 14.9 Å². The summed E-state index contributed by atoms with van der Waals surface area (Å²) in [4.78, 5) is 4.09. The largest absolute Gasteiger partial charge is 0.396 e. The number of nitrogens with zero attached hydrogens (tertiary/aromatic N) is 5. The van der Waals surface area contributed by atoms with E-state index in [0.29, 0.717) is 11.2 Å². The van der Waals surface area contributed by atoms with Crippen molar-refractivity contribution in [2.45, 2.75) is 12.3 Å². The lowest BCUT2D eigenvalue weighted by Gasteiger charge is -2.43. The summed E-state index contributed by atoms with van der Waals surface area (Å²) in [6.45, 7) is -0.229. The van der Waals surface area contributed by atoms with E-state index >= 15 is 0 Å². The highest BCUT2D eigenvalue weighted by Gasteiger charge is 2.43. The van der Waals surface area contributed by atoms with Crippen LogP contribution in [-0.2, 0) is 4.74 Å². The number of anilines is 1. The van der Waals surface area contributed by atoms with E-state index < -0.39 is 6.23 Å². The topological polar surface area (TPSA) is 132 Å². The molecule has 9 heteroatoms. The van der Waals surface area contributed by atoms with E-state index in [9.17, 15) is 5.11 Å². The van der Waals surface area contributed by atoms with Gasteiger partial charge in [0.2, 0.25) is 0 Å². The minimum atomic E-state index is -0.423. The molecule has 4 N–H and O–H groups in total. The molecular weight excluding hydrogens is 240 g/mol. The van der Waals surface area contributed by atoms with Gasteiger partial charge in [-0.15, -0.1) is 10.2 Å². The molecule has 3 rings (SSSR count). The van der Waals surface area contributed by atoms with Crippen LogP contribution in [-0.4, -0.2) is 54.5 Å². The van der Waals surface area contributed by atoms with Gasteiger partial charge in [-0.2, -0.15) is 0 Å². The van der Waals surface area contributed by atoms with Crippen molar-refractivity contribution in [2.24, 2.45) is 5.92 Å². The van der Waals surface area contributed by atoms with Gasteiger partial charge in [0.1, 0.15) is 6.23 Å². The summed E-state index contributed by atoms with van der Waals surface area (Å²) in [5.41, 5.74) is 6.52. The summed E-state index contributed by atoms with van der Waals surface area (Å²) in [5, 5.41) is 29.3. The van der Waals surface area contributed by atoms with Crippen LogP contribution in [0.2, 0.25) is 0 Å². The summed E-state index contributed by atoms with van der Waals surface area (Å²) in [5.74, 6) is -0.0130. The van der Waals surface area contributed by atoms with Gasteiger partial charge in [0.25, 0.3) is 0 Å². The van der Waals surface area contributed by atoms with Gasteiger partial charge in [-0.3, -0.25) is 4.57 Å². The fraction of sp³-hybridized carbons (Fsp3) is 0.556. The normalized spacial score (nSPS) is 27.3. The van der Waals surface area contributed by atoms with Crippen molar-refractivity contribution in [2.75, 3.05) is 18.9 Å². The number of hydrogen-bond acceptors (Lipinski definition) is 8. The Balaban J connectivity index is 1.99. The highest BCUT2D eigenvalue weighted by atomic mass is 16.5. The van der Waals surface area contributed by atoms with E-state index in [0.717, 1.165) is 0 Å². The second-order valence-electron chi connectivity index (χ2n) is 4.09. The maximum absolute atomic E-state index is 9.29. The quantitative estimate of drug-likeness (QED) is 0.589. The Morgan fingerprint density at radius 1 is 1.33 bits per heavy atom. The molecule has 2 aromatic rings. The standard InChI is InChI=1S/C9H12N6O3/c10-7-6-8(13-14-12-7)15(3-11-6)9-4(1-16)5(2-17)18-9/h3-5,9,16-17H,1-2H2,(H2,10,12,13)/t4-,5-,9-/m1/s1. The first-order valence-electron chi connectivity index (χ1n) is 5.44. The Bertz CT molecular complexity index is 572. The third kappa shape index (κ3) is 1.45. The first-order chi connectivity index (χ1) is 8.76. The average molecular weight is 252 g/mol. The van der Waals surface area contributed by atoms with Crippen LogP contribution in [0.15, 0.2) is 6.33 Å². The minimum Gasteiger partial charge on any atom is -0.396 e. The molecule has 0 amide bonds. The Morgan fingerprint density at radius 2 is 2.17 bits per heavy atom. The fourth-order valence-electron chi connectivity index (χ4n) is 2.11. The molecule has 0 saturated carbocycles. The van der Waals surface area contributed by atoms with E-state index in [1.165, 1.54) is 6.33 Å². The van der Waals surface area contributed by atoms with Crippen molar-refractivity contribution in [3.8, 4) is 0 Å². The lowest BCUT2D eigenvalue weighted by molar-refractivity contribution is -0.243. The molecular formula is C9H12N6O3. The van der Waals surface area contributed by atoms with Crippen LogP contribution in [0.25, 0.3) is 11.2 Å². The van der Waals surface area contributed by atoms with Crippen LogP contribution in [0, 0.1) is 5.92 Å². The predicted molar refractivity (Wildman–Crippen MR) is 59.1 cm³/mol. The number of aromatic nitrogens is 5. The van der Waals surface area contributed by atoms with Crippen molar-refractivity contribution in [3.63, 3.8) is 0 Å². The van der Waals surface area contributed by atoms with Gasteiger partial charge >= 0.3 is 0 Å². The summed E-state index contributed by atoms with van der Waals surface area (Å²) in [6, 6.07) is 0. The van der Waals surface area contributed by atoms with E-state index in [1.54, 1.807) is 4.57 Å². The highest BCUT2D eigenvalue weighted by Crippen LogP contribution is 2.38. The zero-order valence-electron chi connectivity index (χ0n) is 9.34. The van der Waals surface area contributed by atoms with Gasteiger partial charge in [0, 0.05) is 0 Å². The molecule has 1 fully saturated rings. The molecule has 0 unspecified atom stereocenters. The van der Waals surface area contributed by atoms with Crippen LogP contribution in [0.3, 0.4) is 0 Å². The molecule has 1 aliphatic rings. The van der Waals surface area contributed by atoms with Gasteiger partial charge in [-0.05, 0) is 5.21 Å². The Labute approximate surface area is 101 Å². The van der Waals surface area contributed by atoms with Gasteiger partial charge in [0.05, 0.1) is 31.6 Å². The molecule has 2 aromatic heterocycles. The molecule has 96 valence electrons. The van der Waals surface area contributed by atoms with Gasteiger partial charge in [0.15, 0.2) is 17.0 Å². The first-order valence-corrected chi connectivity index (χ1v) is 5.44. The van der Waals surface area contributed by atoms with Crippen molar-refractivity contribution >= 4 is 17.0 Å². The van der Waals surface area contributed by atoms with Crippen LogP contribution in [0.5, 0.6) is 0 Å². The number of imidazole rings is 1. The first kappa shape index (κ1) is 11.3. The molecule has 0 bridgehead atoms. The van der Waals surface area contributed by atoms with Gasteiger partial charge < -0.3 is 20.7 Å². The molecule has 0 spiro atoms. The van der Waals surface area contributed by atoms with E-state index in [4.69, 9.17) is 15.6 Å². The number of nitrogens with two attached hydrogens (primary N) is 1. The van der Waals surface area contributed by atoms with Gasteiger partial charge in [-0.1, -0.05) is 0 Å². The lowest BCUT2D eigenvalue weighted by Crippen LogP contribution is -2.49. The number of nitrogen functional groups attached to an aromatic ring is 1. The van der Waals surface area contributed by atoms with E-state index in [2.05, 4.69) is 20.4 Å². The molecule has 0 aliphatic carbocycles.